The van der Waals surface area contributed by atoms with Crippen molar-refractivity contribution in [2.45, 2.75) is 38.9 Å². The molecule has 12 nitrogen and oxygen atoms in total. The largest absolute Gasteiger partial charge is 0.480 e. The van der Waals surface area contributed by atoms with E-state index in [9.17, 15) is 28.8 Å². The smallest absolute Gasteiger partial charge is 0.337 e. The van der Waals surface area contributed by atoms with Crippen molar-refractivity contribution in [2.75, 3.05) is 0 Å². The fraction of sp³-hybridized carbons (Fsp3) is 0.500. The second kappa shape index (κ2) is 6.52. The summed E-state index contributed by atoms with van der Waals surface area (Å²) in [4.78, 5) is 70.1. The summed E-state index contributed by atoms with van der Waals surface area (Å²) in [6.45, 7) is 2.88. The standard InChI is InChI=1S/C12H15N3O9/c1-4(7(16)17)13-10(22)14(5(2)8(18)19)12(24)15(11(13)23)6(3)9(20)21/h4-6H,1-3H3,(H,16,17)(H,18,19)(H,20,21). The normalized spacial score (nSPS) is 14.6. The summed E-state index contributed by atoms with van der Waals surface area (Å²) in [5.74, 6) is -4.80. The molecule has 0 saturated carbocycles. The van der Waals surface area contributed by atoms with E-state index >= 15 is 0 Å². The molecule has 1 rings (SSSR count). The summed E-state index contributed by atoms with van der Waals surface area (Å²) in [5.41, 5.74) is -4.36. The van der Waals surface area contributed by atoms with E-state index in [1.165, 1.54) is 0 Å². The third kappa shape index (κ3) is 2.98. The molecule has 0 bridgehead atoms. The zero-order valence-electron chi connectivity index (χ0n) is 12.9. The second-order valence-corrected chi connectivity index (χ2v) is 5.00. The summed E-state index contributed by atoms with van der Waals surface area (Å²) in [6, 6.07) is -5.24. The van der Waals surface area contributed by atoms with Crippen molar-refractivity contribution in [1.82, 2.24) is 13.7 Å². The molecule has 0 aromatic carbocycles. The summed E-state index contributed by atoms with van der Waals surface area (Å²) >= 11 is 0. The van der Waals surface area contributed by atoms with Gasteiger partial charge in [-0.3, -0.25) is 0 Å². The first-order valence-electron chi connectivity index (χ1n) is 6.61. The topological polar surface area (TPSA) is 178 Å². The Labute approximate surface area is 132 Å². The van der Waals surface area contributed by atoms with Crippen LogP contribution in [0.25, 0.3) is 0 Å². The lowest BCUT2D eigenvalue weighted by Crippen LogP contribution is -2.58. The number of hydrogen-bond donors (Lipinski definition) is 3. The minimum atomic E-state index is -1.75. The van der Waals surface area contributed by atoms with Gasteiger partial charge in [-0.1, -0.05) is 0 Å². The van der Waals surface area contributed by atoms with E-state index in [0.29, 0.717) is 0 Å². The number of hydrogen-bond acceptors (Lipinski definition) is 6. The van der Waals surface area contributed by atoms with Gasteiger partial charge < -0.3 is 15.3 Å². The van der Waals surface area contributed by atoms with Crippen molar-refractivity contribution < 1.29 is 29.7 Å². The van der Waals surface area contributed by atoms with Gasteiger partial charge in [-0.15, -0.1) is 0 Å². The van der Waals surface area contributed by atoms with Gasteiger partial charge in [-0.25, -0.2) is 42.5 Å². The van der Waals surface area contributed by atoms with Crippen molar-refractivity contribution in [1.29, 1.82) is 0 Å². The van der Waals surface area contributed by atoms with Crippen molar-refractivity contribution in [3.63, 3.8) is 0 Å². The lowest BCUT2D eigenvalue weighted by molar-refractivity contribution is -0.140. The van der Waals surface area contributed by atoms with E-state index < -0.39 is 53.1 Å². The van der Waals surface area contributed by atoms with Crippen molar-refractivity contribution in [3.05, 3.63) is 31.5 Å². The number of carbonyl (C=O) groups is 3. The quantitative estimate of drug-likeness (QED) is 0.531. The first kappa shape index (κ1) is 18.9. The van der Waals surface area contributed by atoms with E-state index in [-0.39, 0.29) is 13.7 Å². The molecule has 0 radical (unpaired) electrons. The SMILES string of the molecule is CC(C(=O)O)n1c(=O)n(C(C)C(=O)O)c(=O)n(C(C)C(=O)O)c1=O. The highest BCUT2D eigenvalue weighted by atomic mass is 16.4. The molecule has 0 spiro atoms. The van der Waals surface area contributed by atoms with Crippen LogP contribution in [0.4, 0.5) is 0 Å². The maximum atomic E-state index is 12.3. The maximum absolute atomic E-state index is 12.3. The zero-order valence-corrected chi connectivity index (χ0v) is 12.9. The van der Waals surface area contributed by atoms with Crippen LogP contribution in [0.15, 0.2) is 14.4 Å². The fourth-order valence-electron chi connectivity index (χ4n) is 1.92. The molecule has 0 saturated heterocycles. The van der Waals surface area contributed by atoms with E-state index in [0.717, 1.165) is 20.8 Å². The Hall–Kier alpha value is -3.18. The van der Waals surface area contributed by atoms with Crippen LogP contribution in [0.2, 0.25) is 0 Å². The highest BCUT2D eigenvalue weighted by molar-refractivity contribution is 5.72. The van der Waals surface area contributed by atoms with Gasteiger partial charge in [0, 0.05) is 0 Å². The minimum absolute atomic E-state index is 0.128. The zero-order chi connectivity index (χ0) is 18.9. The Bertz CT molecular complexity index is 731. The molecule has 0 aliphatic carbocycles. The summed E-state index contributed by atoms with van der Waals surface area (Å²) < 4.78 is 0.383. The van der Waals surface area contributed by atoms with Crippen molar-refractivity contribution >= 4 is 17.9 Å². The summed E-state index contributed by atoms with van der Waals surface area (Å²) in [6.07, 6.45) is 0. The fourth-order valence-corrected chi connectivity index (χ4v) is 1.92. The van der Waals surface area contributed by atoms with E-state index in [2.05, 4.69) is 0 Å². The van der Waals surface area contributed by atoms with Gasteiger partial charge in [0.2, 0.25) is 0 Å². The summed E-state index contributed by atoms with van der Waals surface area (Å²) in [7, 11) is 0. The first-order chi connectivity index (χ1) is 10.9. The Kier molecular flexibility index (Phi) is 5.12. The average Bonchev–Trinajstić information content (AvgIpc) is 2.46. The molecule has 1 aromatic rings. The molecule has 12 heteroatoms. The number of rotatable bonds is 6. The van der Waals surface area contributed by atoms with Gasteiger partial charge in [0.15, 0.2) is 0 Å². The van der Waals surface area contributed by atoms with Gasteiger partial charge in [0.25, 0.3) is 0 Å². The highest BCUT2D eigenvalue weighted by Gasteiger charge is 2.30. The number of carboxylic acid groups (broad SMARTS) is 3. The molecule has 0 amide bonds. The third-order valence-electron chi connectivity index (χ3n) is 3.47. The highest BCUT2D eigenvalue weighted by Crippen LogP contribution is 2.04. The van der Waals surface area contributed by atoms with Gasteiger partial charge in [-0.05, 0) is 20.8 Å². The van der Waals surface area contributed by atoms with Gasteiger partial charge in [-0.2, -0.15) is 0 Å². The predicted octanol–water partition coefficient (Wildman–Crippen LogP) is -1.89. The van der Waals surface area contributed by atoms with Gasteiger partial charge in [0.1, 0.15) is 18.1 Å². The molecule has 1 aromatic heterocycles. The van der Waals surface area contributed by atoms with Crippen LogP contribution >= 0.6 is 0 Å². The lowest BCUT2D eigenvalue weighted by Gasteiger charge is -2.19. The number of aliphatic carboxylic acids is 3. The van der Waals surface area contributed by atoms with Crippen LogP contribution in [-0.4, -0.2) is 46.9 Å². The molecule has 0 aliphatic heterocycles. The molecular formula is C12H15N3O9. The van der Waals surface area contributed by atoms with E-state index in [4.69, 9.17) is 15.3 Å². The third-order valence-corrected chi connectivity index (χ3v) is 3.47. The van der Waals surface area contributed by atoms with Crippen molar-refractivity contribution in [3.8, 4) is 0 Å². The number of carboxylic acids is 3. The second-order valence-electron chi connectivity index (χ2n) is 5.00. The monoisotopic (exact) mass is 345 g/mol. The van der Waals surface area contributed by atoms with Crippen LogP contribution in [0, 0.1) is 0 Å². The minimum Gasteiger partial charge on any atom is -0.480 e. The Morgan fingerprint density at radius 3 is 0.917 bits per heavy atom. The molecular weight excluding hydrogens is 330 g/mol. The number of aromatic nitrogens is 3. The Balaban J connectivity index is 4.07. The average molecular weight is 345 g/mol. The van der Waals surface area contributed by atoms with Gasteiger partial charge in [0.05, 0.1) is 0 Å². The number of nitrogens with zero attached hydrogens (tertiary/aromatic N) is 3. The molecule has 0 fully saturated rings. The van der Waals surface area contributed by atoms with Crippen LogP contribution < -0.4 is 17.1 Å². The Morgan fingerprint density at radius 1 is 0.625 bits per heavy atom. The van der Waals surface area contributed by atoms with Gasteiger partial charge >= 0.3 is 35.0 Å². The van der Waals surface area contributed by atoms with Crippen molar-refractivity contribution in [2.24, 2.45) is 0 Å². The summed E-state index contributed by atoms with van der Waals surface area (Å²) in [5, 5.41) is 27.0. The maximum Gasteiger partial charge on any atom is 0.337 e. The molecule has 1 heterocycles. The Morgan fingerprint density at radius 2 is 0.792 bits per heavy atom. The first-order valence-corrected chi connectivity index (χ1v) is 6.61. The lowest BCUT2D eigenvalue weighted by atomic mass is 10.3. The van der Waals surface area contributed by atoms with Crippen LogP contribution in [0.5, 0.6) is 0 Å². The predicted molar refractivity (Wildman–Crippen MR) is 76.3 cm³/mol. The van der Waals surface area contributed by atoms with Crippen LogP contribution in [0.3, 0.4) is 0 Å². The van der Waals surface area contributed by atoms with Crippen LogP contribution in [0.1, 0.15) is 38.9 Å². The molecule has 3 unspecified atom stereocenters. The van der Waals surface area contributed by atoms with E-state index in [1.54, 1.807) is 0 Å². The molecule has 132 valence electrons. The molecule has 24 heavy (non-hydrogen) atoms. The molecule has 0 aliphatic rings. The molecule has 3 N–H and O–H groups in total. The molecule has 3 atom stereocenters. The van der Waals surface area contributed by atoms with Crippen LogP contribution in [-0.2, 0) is 14.4 Å². The van der Waals surface area contributed by atoms with E-state index in [1.807, 2.05) is 0 Å².